The van der Waals surface area contributed by atoms with Crippen molar-refractivity contribution >= 4 is 34.2 Å². The Morgan fingerprint density at radius 3 is 2.71 bits per heavy atom. The normalized spacial score (nSPS) is 24.1. The van der Waals surface area contributed by atoms with Crippen LogP contribution in [0.1, 0.15) is 30.7 Å². The molecule has 4 rings (SSSR count). The van der Waals surface area contributed by atoms with E-state index >= 15 is 0 Å². The fourth-order valence-corrected chi connectivity index (χ4v) is 2.78. The lowest BCUT2D eigenvalue weighted by Gasteiger charge is -2.07. The van der Waals surface area contributed by atoms with Crippen molar-refractivity contribution in [2.24, 2.45) is 5.92 Å². The number of aromatic nitrogens is 2. The molecule has 0 aliphatic heterocycles. The third-order valence-corrected chi connectivity index (χ3v) is 4.30. The lowest BCUT2D eigenvalue weighted by Crippen LogP contribution is -2.16. The molecular weight excluding hydrogens is 293 g/mol. The van der Waals surface area contributed by atoms with Crippen molar-refractivity contribution in [1.29, 1.82) is 0 Å². The Morgan fingerprint density at radius 2 is 2.05 bits per heavy atom. The minimum atomic E-state index is -1.02. The number of rotatable bonds is 3. The van der Waals surface area contributed by atoms with Gasteiger partial charge in [-0.25, -0.2) is 4.39 Å². The van der Waals surface area contributed by atoms with Gasteiger partial charge in [0.15, 0.2) is 5.82 Å². The minimum absolute atomic E-state index is 0.296. The summed E-state index contributed by atoms with van der Waals surface area (Å²) in [5.41, 5.74) is 1.82. The van der Waals surface area contributed by atoms with Crippen molar-refractivity contribution in [2.45, 2.75) is 31.4 Å². The van der Waals surface area contributed by atoms with E-state index in [1.165, 1.54) is 18.4 Å². The van der Waals surface area contributed by atoms with E-state index in [4.69, 9.17) is 11.6 Å². The zero-order valence-electron chi connectivity index (χ0n) is 11.1. The lowest BCUT2D eigenvalue weighted by atomic mass is 10.1. The maximum atomic E-state index is 12.9. The molecule has 1 amide bonds. The van der Waals surface area contributed by atoms with Gasteiger partial charge in [0, 0.05) is 5.39 Å². The molecule has 2 unspecified atom stereocenters. The number of anilines is 1. The molecule has 1 heterocycles. The molecule has 1 aromatic carbocycles. The second-order valence-corrected chi connectivity index (χ2v) is 6.20. The summed E-state index contributed by atoms with van der Waals surface area (Å²) in [5, 5.41) is 12.0. The van der Waals surface area contributed by atoms with Crippen LogP contribution in [-0.2, 0) is 4.79 Å². The number of nitrogens with zero attached hydrogens (tertiary/aromatic N) is 2. The smallest absolute Gasteiger partial charge is 0.231 e. The van der Waals surface area contributed by atoms with E-state index < -0.39 is 12.1 Å². The first-order valence-corrected chi connectivity index (χ1v) is 7.41. The fraction of sp³-hybridized carbons (Fsp3) is 0.400. The molecule has 6 heteroatoms. The van der Waals surface area contributed by atoms with Crippen LogP contribution in [0.2, 0.25) is 5.02 Å². The Labute approximate surface area is 125 Å². The van der Waals surface area contributed by atoms with Crippen molar-refractivity contribution in [3.8, 4) is 0 Å². The molecule has 2 aliphatic carbocycles. The topological polar surface area (TPSA) is 54.9 Å². The molecule has 0 spiro atoms. The molecule has 2 fully saturated rings. The maximum Gasteiger partial charge on any atom is 0.231 e. The molecule has 21 heavy (non-hydrogen) atoms. The Hall–Kier alpha value is -1.75. The van der Waals surface area contributed by atoms with E-state index in [-0.39, 0.29) is 5.91 Å². The van der Waals surface area contributed by atoms with E-state index in [1.807, 2.05) is 12.1 Å². The van der Waals surface area contributed by atoms with Gasteiger partial charge in [0.2, 0.25) is 5.91 Å². The van der Waals surface area contributed by atoms with Crippen LogP contribution < -0.4 is 5.32 Å². The van der Waals surface area contributed by atoms with Crippen LogP contribution in [0, 0.1) is 5.92 Å². The Balaban J connectivity index is 1.66. The molecule has 2 aliphatic rings. The minimum Gasteiger partial charge on any atom is -0.309 e. The predicted molar refractivity (Wildman–Crippen MR) is 78.2 cm³/mol. The number of hydrogen-bond acceptors (Lipinski definition) is 3. The standard InChI is InChI=1S/C15H13ClFN3O/c16-11-4-8(7-1-2-7)3-9-5-13(19-20-14(9)11)18-15(21)10-6-12(10)17/h3-5,7,10,12H,1-2,6H2,(H,18,19,21). The summed E-state index contributed by atoms with van der Waals surface area (Å²) >= 11 is 6.23. The van der Waals surface area contributed by atoms with E-state index in [2.05, 4.69) is 15.5 Å². The number of amides is 1. The predicted octanol–water partition coefficient (Wildman–Crippen LogP) is 3.46. The first-order chi connectivity index (χ1) is 10.1. The SMILES string of the molecule is O=C(Nc1cc2cc(C3CC3)cc(Cl)c2nn1)C1CC1F. The van der Waals surface area contributed by atoms with Crippen molar-refractivity contribution in [2.75, 3.05) is 5.32 Å². The van der Waals surface area contributed by atoms with Gasteiger partial charge < -0.3 is 5.32 Å². The van der Waals surface area contributed by atoms with Crippen LogP contribution in [0.15, 0.2) is 18.2 Å². The zero-order valence-corrected chi connectivity index (χ0v) is 11.9. The molecule has 2 saturated carbocycles. The quantitative estimate of drug-likeness (QED) is 0.945. The molecule has 2 aromatic rings. The summed E-state index contributed by atoms with van der Waals surface area (Å²) in [7, 11) is 0. The van der Waals surface area contributed by atoms with Gasteiger partial charge in [0.05, 0.1) is 10.9 Å². The highest BCUT2D eigenvalue weighted by Crippen LogP contribution is 2.42. The molecule has 2 atom stereocenters. The number of carbonyl (C=O) groups is 1. The largest absolute Gasteiger partial charge is 0.309 e. The summed E-state index contributed by atoms with van der Waals surface area (Å²) < 4.78 is 12.9. The summed E-state index contributed by atoms with van der Waals surface area (Å²) in [6.07, 6.45) is 1.65. The Kier molecular flexibility index (Phi) is 2.85. The lowest BCUT2D eigenvalue weighted by molar-refractivity contribution is -0.117. The van der Waals surface area contributed by atoms with Crippen LogP contribution in [0.3, 0.4) is 0 Å². The van der Waals surface area contributed by atoms with Crippen LogP contribution in [0.4, 0.5) is 10.2 Å². The van der Waals surface area contributed by atoms with E-state index in [1.54, 1.807) is 6.07 Å². The number of nitrogens with one attached hydrogen (secondary N) is 1. The van der Waals surface area contributed by atoms with E-state index in [0.29, 0.717) is 28.7 Å². The summed E-state index contributed by atoms with van der Waals surface area (Å²) in [5.74, 6) is 0.0527. The third kappa shape index (κ3) is 2.46. The number of fused-ring (bicyclic) bond motifs is 1. The van der Waals surface area contributed by atoms with Gasteiger partial charge in [0.1, 0.15) is 11.7 Å². The van der Waals surface area contributed by atoms with Gasteiger partial charge in [-0.15, -0.1) is 10.2 Å². The van der Waals surface area contributed by atoms with Crippen molar-refractivity contribution < 1.29 is 9.18 Å². The molecule has 108 valence electrons. The molecule has 0 radical (unpaired) electrons. The zero-order chi connectivity index (χ0) is 14.6. The number of halogens is 2. The third-order valence-electron chi connectivity index (χ3n) is 4.01. The first-order valence-electron chi connectivity index (χ1n) is 7.03. The Bertz CT molecular complexity index is 747. The molecule has 0 bridgehead atoms. The second-order valence-electron chi connectivity index (χ2n) is 5.79. The van der Waals surface area contributed by atoms with Gasteiger partial charge >= 0.3 is 0 Å². The summed E-state index contributed by atoms with van der Waals surface area (Å²) in [6, 6.07) is 5.72. The van der Waals surface area contributed by atoms with Gasteiger partial charge in [0.25, 0.3) is 0 Å². The van der Waals surface area contributed by atoms with Gasteiger partial charge in [-0.05, 0) is 48.9 Å². The second kappa shape index (κ2) is 4.63. The van der Waals surface area contributed by atoms with E-state index in [0.717, 1.165) is 5.39 Å². The van der Waals surface area contributed by atoms with Gasteiger partial charge in [-0.1, -0.05) is 11.6 Å². The maximum absolute atomic E-state index is 12.9. The number of benzene rings is 1. The fourth-order valence-electron chi connectivity index (χ4n) is 2.51. The van der Waals surface area contributed by atoms with Crippen LogP contribution in [0.5, 0.6) is 0 Å². The molecule has 1 aromatic heterocycles. The van der Waals surface area contributed by atoms with Crippen molar-refractivity contribution in [3.05, 3.63) is 28.8 Å². The Morgan fingerprint density at radius 1 is 1.29 bits per heavy atom. The van der Waals surface area contributed by atoms with Crippen LogP contribution in [-0.4, -0.2) is 22.3 Å². The van der Waals surface area contributed by atoms with Crippen molar-refractivity contribution in [3.63, 3.8) is 0 Å². The molecule has 0 saturated heterocycles. The molecule has 1 N–H and O–H groups in total. The molecular formula is C15H13ClFN3O. The van der Waals surface area contributed by atoms with Gasteiger partial charge in [-0.2, -0.15) is 0 Å². The first kappa shape index (κ1) is 13.0. The van der Waals surface area contributed by atoms with Crippen LogP contribution in [0.25, 0.3) is 10.9 Å². The number of alkyl halides is 1. The highest BCUT2D eigenvalue weighted by molar-refractivity contribution is 6.35. The molecule has 4 nitrogen and oxygen atoms in total. The number of carbonyl (C=O) groups excluding carboxylic acids is 1. The van der Waals surface area contributed by atoms with Crippen molar-refractivity contribution in [1.82, 2.24) is 10.2 Å². The average Bonchev–Trinajstić information content (AvgIpc) is 3.33. The average molecular weight is 306 g/mol. The summed E-state index contributed by atoms with van der Waals surface area (Å²) in [6.45, 7) is 0. The monoisotopic (exact) mass is 305 g/mol. The highest BCUT2D eigenvalue weighted by Gasteiger charge is 2.43. The highest BCUT2D eigenvalue weighted by atomic mass is 35.5. The summed E-state index contributed by atoms with van der Waals surface area (Å²) in [4.78, 5) is 11.7. The number of hydrogen-bond donors (Lipinski definition) is 1. The van der Waals surface area contributed by atoms with Gasteiger partial charge in [-0.3, -0.25) is 4.79 Å². The van der Waals surface area contributed by atoms with E-state index in [9.17, 15) is 9.18 Å². The van der Waals surface area contributed by atoms with Crippen LogP contribution >= 0.6 is 11.6 Å².